The van der Waals surface area contributed by atoms with Crippen molar-refractivity contribution < 1.29 is 19.7 Å². The minimum Gasteiger partial charge on any atom is -0.479 e. The quantitative estimate of drug-likeness (QED) is 0.705. The summed E-state index contributed by atoms with van der Waals surface area (Å²) < 4.78 is 4.95. The molecule has 2 N–H and O–H groups in total. The maximum absolute atomic E-state index is 10.8. The average Bonchev–Trinajstić information content (AvgIpc) is 2.19. The number of aliphatic hydroxyl groups is 1. The molecule has 76 valence electrons. The predicted octanol–water partition coefficient (Wildman–Crippen LogP) is 0.216. The third kappa shape index (κ3) is 2.79. The minimum atomic E-state index is -1.09. The maximum Gasteiger partial charge on any atom is 0.337 e. The number of aliphatic carboxylic acids is 1. The third-order valence-corrected chi connectivity index (χ3v) is 1.59. The molecule has 1 rings (SSSR count). The van der Waals surface area contributed by atoms with Gasteiger partial charge in [0.05, 0.1) is 13.2 Å². The lowest BCUT2D eigenvalue weighted by Gasteiger charge is -2.12. The van der Waals surface area contributed by atoms with Gasteiger partial charge in [0.15, 0.2) is 6.10 Å². The van der Waals surface area contributed by atoms with Crippen LogP contribution in [0.1, 0.15) is 11.7 Å². The van der Waals surface area contributed by atoms with E-state index in [-0.39, 0.29) is 13.2 Å². The first kappa shape index (κ1) is 10.6. The van der Waals surface area contributed by atoms with E-state index in [2.05, 4.69) is 4.98 Å². The highest BCUT2D eigenvalue weighted by atomic mass is 16.5. The molecular formula is C9H11NO4. The fraction of sp³-hybridized carbons (Fsp3) is 0.333. The van der Waals surface area contributed by atoms with Crippen LogP contribution in [0.15, 0.2) is 24.5 Å². The van der Waals surface area contributed by atoms with Crippen molar-refractivity contribution in [1.82, 2.24) is 4.98 Å². The van der Waals surface area contributed by atoms with Crippen LogP contribution in [0.5, 0.6) is 0 Å². The molecule has 0 aliphatic rings. The number of aromatic nitrogens is 1. The van der Waals surface area contributed by atoms with Crippen LogP contribution in [0, 0.1) is 0 Å². The number of carbonyl (C=O) groups is 1. The maximum atomic E-state index is 10.8. The predicted molar refractivity (Wildman–Crippen MR) is 47.7 cm³/mol. The van der Waals surface area contributed by atoms with Gasteiger partial charge in [0.1, 0.15) is 0 Å². The normalized spacial score (nSPS) is 12.4. The van der Waals surface area contributed by atoms with Gasteiger partial charge in [0.2, 0.25) is 0 Å². The molecule has 1 atom stereocenters. The lowest BCUT2D eigenvalue weighted by molar-refractivity contribution is -0.151. The number of hydrogen-bond acceptors (Lipinski definition) is 4. The van der Waals surface area contributed by atoms with Crippen LogP contribution in [0.25, 0.3) is 0 Å². The van der Waals surface area contributed by atoms with Crippen LogP contribution in [-0.2, 0) is 9.53 Å². The number of pyridine rings is 1. The lowest BCUT2D eigenvalue weighted by Crippen LogP contribution is -2.17. The molecule has 1 unspecified atom stereocenters. The van der Waals surface area contributed by atoms with Gasteiger partial charge in [-0.25, -0.2) is 4.79 Å². The van der Waals surface area contributed by atoms with Crippen LogP contribution >= 0.6 is 0 Å². The summed E-state index contributed by atoms with van der Waals surface area (Å²) in [4.78, 5) is 14.6. The van der Waals surface area contributed by atoms with Gasteiger partial charge in [-0.15, -0.1) is 0 Å². The van der Waals surface area contributed by atoms with E-state index in [1.807, 2.05) is 0 Å². The van der Waals surface area contributed by atoms with E-state index < -0.39 is 12.1 Å². The molecule has 5 heteroatoms. The Morgan fingerprint density at radius 2 is 2.43 bits per heavy atom. The van der Waals surface area contributed by atoms with Crippen molar-refractivity contribution in [2.45, 2.75) is 6.10 Å². The number of hydrogen-bond donors (Lipinski definition) is 2. The standard InChI is InChI=1S/C9H11NO4/c11-4-5-14-8(9(12)13)7-2-1-3-10-6-7/h1-3,6,8,11H,4-5H2,(H,12,13). The molecule has 0 saturated heterocycles. The summed E-state index contributed by atoms with van der Waals surface area (Å²) in [6.45, 7) is -0.212. The zero-order valence-corrected chi connectivity index (χ0v) is 7.46. The molecule has 0 aliphatic carbocycles. The van der Waals surface area contributed by atoms with Crippen molar-refractivity contribution >= 4 is 5.97 Å². The molecule has 0 bridgehead atoms. The molecule has 0 aromatic carbocycles. The van der Waals surface area contributed by atoms with Gasteiger partial charge < -0.3 is 14.9 Å². The Labute approximate surface area is 81.0 Å². The van der Waals surface area contributed by atoms with Crippen molar-refractivity contribution in [3.8, 4) is 0 Å². The Morgan fingerprint density at radius 3 is 2.93 bits per heavy atom. The van der Waals surface area contributed by atoms with Gasteiger partial charge in [0.25, 0.3) is 0 Å². The number of aliphatic hydroxyl groups excluding tert-OH is 1. The van der Waals surface area contributed by atoms with E-state index in [4.69, 9.17) is 14.9 Å². The summed E-state index contributed by atoms with van der Waals surface area (Å²) in [7, 11) is 0. The Morgan fingerprint density at radius 1 is 1.64 bits per heavy atom. The van der Waals surface area contributed by atoms with Crippen molar-refractivity contribution in [2.75, 3.05) is 13.2 Å². The fourth-order valence-corrected chi connectivity index (χ4v) is 1.01. The molecule has 0 spiro atoms. The van der Waals surface area contributed by atoms with Crippen molar-refractivity contribution in [1.29, 1.82) is 0 Å². The highest BCUT2D eigenvalue weighted by molar-refractivity contribution is 5.74. The van der Waals surface area contributed by atoms with E-state index in [0.29, 0.717) is 5.56 Å². The van der Waals surface area contributed by atoms with Gasteiger partial charge >= 0.3 is 5.97 Å². The lowest BCUT2D eigenvalue weighted by atomic mass is 10.2. The topological polar surface area (TPSA) is 79.7 Å². The Balaban J connectivity index is 2.73. The Bertz CT molecular complexity index is 288. The Hall–Kier alpha value is -1.46. The summed E-state index contributed by atoms with van der Waals surface area (Å²) in [5.41, 5.74) is 0.466. The van der Waals surface area contributed by atoms with Gasteiger partial charge in [-0.3, -0.25) is 4.98 Å². The molecule has 0 saturated carbocycles. The van der Waals surface area contributed by atoms with E-state index in [0.717, 1.165) is 0 Å². The minimum absolute atomic E-state index is 0.00807. The SMILES string of the molecule is O=C(O)C(OCCO)c1cccnc1. The number of rotatable bonds is 5. The van der Waals surface area contributed by atoms with Gasteiger partial charge in [-0.05, 0) is 6.07 Å². The van der Waals surface area contributed by atoms with Crippen LogP contribution in [-0.4, -0.2) is 34.4 Å². The highest BCUT2D eigenvalue weighted by Gasteiger charge is 2.19. The van der Waals surface area contributed by atoms with Crippen molar-refractivity contribution in [2.24, 2.45) is 0 Å². The second-order valence-electron chi connectivity index (χ2n) is 2.60. The van der Waals surface area contributed by atoms with Crippen LogP contribution < -0.4 is 0 Å². The van der Waals surface area contributed by atoms with Crippen molar-refractivity contribution in [3.05, 3.63) is 30.1 Å². The summed E-state index contributed by atoms with van der Waals surface area (Å²) in [5.74, 6) is -1.09. The molecule has 1 heterocycles. The first-order valence-electron chi connectivity index (χ1n) is 4.11. The number of carboxylic acid groups (broad SMARTS) is 1. The number of ether oxygens (including phenoxy) is 1. The van der Waals surface area contributed by atoms with Crippen LogP contribution in [0.2, 0.25) is 0 Å². The Kier molecular flexibility index (Phi) is 4.03. The molecule has 0 amide bonds. The van der Waals surface area contributed by atoms with E-state index in [1.165, 1.54) is 6.20 Å². The van der Waals surface area contributed by atoms with Gasteiger partial charge in [0, 0.05) is 18.0 Å². The summed E-state index contributed by atoms with van der Waals surface area (Å²) >= 11 is 0. The molecule has 0 fully saturated rings. The zero-order valence-electron chi connectivity index (χ0n) is 7.46. The van der Waals surface area contributed by atoms with Crippen molar-refractivity contribution in [3.63, 3.8) is 0 Å². The van der Waals surface area contributed by atoms with E-state index in [9.17, 15) is 4.79 Å². The van der Waals surface area contributed by atoms with E-state index in [1.54, 1.807) is 18.3 Å². The second-order valence-corrected chi connectivity index (χ2v) is 2.60. The monoisotopic (exact) mass is 197 g/mol. The molecule has 5 nitrogen and oxygen atoms in total. The summed E-state index contributed by atoms with van der Waals surface area (Å²) in [6.07, 6.45) is 1.92. The van der Waals surface area contributed by atoms with Crippen LogP contribution in [0.3, 0.4) is 0 Å². The van der Waals surface area contributed by atoms with Crippen LogP contribution in [0.4, 0.5) is 0 Å². The molecule has 0 aliphatic heterocycles. The van der Waals surface area contributed by atoms with E-state index >= 15 is 0 Å². The summed E-state index contributed by atoms with van der Waals surface area (Å²) in [5, 5.41) is 17.3. The zero-order chi connectivity index (χ0) is 10.4. The fourth-order valence-electron chi connectivity index (χ4n) is 1.01. The smallest absolute Gasteiger partial charge is 0.337 e. The molecule has 1 aromatic heterocycles. The number of carboxylic acids is 1. The third-order valence-electron chi connectivity index (χ3n) is 1.59. The molecule has 0 radical (unpaired) electrons. The van der Waals surface area contributed by atoms with Gasteiger partial charge in [-0.2, -0.15) is 0 Å². The molecule has 1 aromatic rings. The largest absolute Gasteiger partial charge is 0.479 e. The first-order chi connectivity index (χ1) is 6.75. The second kappa shape index (κ2) is 5.31. The molecular weight excluding hydrogens is 186 g/mol. The average molecular weight is 197 g/mol. The summed E-state index contributed by atoms with van der Waals surface area (Å²) in [6, 6.07) is 3.25. The molecule has 14 heavy (non-hydrogen) atoms. The first-order valence-corrected chi connectivity index (χ1v) is 4.11. The van der Waals surface area contributed by atoms with Gasteiger partial charge in [-0.1, -0.05) is 6.07 Å². The number of nitrogens with zero attached hydrogens (tertiary/aromatic N) is 1. The highest BCUT2D eigenvalue weighted by Crippen LogP contribution is 2.15.